The number of nitrogens with one attached hydrogen (secondary N) is 1. The number of likely N-dealkylation sites (N-methyl/N-ethyl adjacent to an activating group) is 1. The molecule has 0 rings (SSSR count). The minimum atomic E-state index is -0.167. The molecule has 2 atom stereocenters. The third-order valence-electron chi connectivity index (χ3n) is 2.96. The van der Waals surface area contributed by atoms with Gasteiger partial charge in [-0.25, -0.2) is 0 Å². The van der Waals surface area contributed by atoms with E-state index in [2.05, 4.69) is 19.2 Å². The Balaban J connectivity index is 3.96. The van der Waals surface area contributed by atoms with Gasteiger partial charge in [0, 0.05) is 26.2 Å². The Hall–Kier alpha value is -0.650. The molecule has 0 radical (unpaired) electrons. The van der Waals surface area contributed by atoms with Gasteiger partial charge in [-0.1, -0.05) is 13.8 Å². The third-order valence-corrected chi connectivity index (χ3v) is 2.96. The molecule has 5 heteroatoms. The first-order valence-electron chi connectivity index (χ1n) is 6.61. The Morgan fingerprint density at radius 1 is 1.39 bits per heavy atom. The summed E-state index contributed by atoms with van der Waals surface area (Å²) in [4.78, 5) is 13.8. The molecule has 0 aliphatic rings. The summed E-state index contributed by atoms with van der Waals surface area (Å²) in [6, 6.07) is -0.231. The minimum absolute atomic E-state index is 0.0581. The molecule has 0 aliphatic heterocycles. The van der Waals surface area contributed by atoms with Gasteiger partial charge in [-0.3, -0.25) is 9.69 Å². The van der Waals surface area contributed by atoms with Gasteiger partial charge in [-0.15, -0.1) is 0 Å². The summed E-state index contributed by atoms with van der Waals surface area (Å²) in [5.74, 6) is 0.663. The van der Waals surface area contributed by atoms with E-state index in [9.17, 15) is 4.79 Å². The van der Waals surface area contributed by atoms with Crippen molar-refractivity contribution in [1.82, 2.24) is 10.2 Å². The van der Waals surface area contributed by atoms with Crippen molar-refractivity contribution in [2.24, 2.45) is 11.7 Å². The Bertz CT molecular complexity index is 234. The van der Waals surface area contributed by atoms with Crippen molar-refractivity contribution in [1.29, 1.82) is 0 Å². The highest BCUT2D eigenvalue weighted by molar-refractivity contribution is 5.81. The molecular weight excluding hydrogens is 230 g/mol. The summed E-state index contributed by atoms with van der Waals surface area (Å²) in [6.07, 6.45) is 1.01. The summed E-state index contributed by atoms with van der Waals surface area (Å²) in [7, 11) is 3.53. The molecule has 0 aromatic heterocycles. The van der Waals surface area contributed by atoms with E-state index in [0.717, 1.165) is 13.0 Å². The van der Waals surface area contributed by atoms with Crippen LogP contribution in [0.25, 0.3) is 0 Å². The number of ether oxygens (including phenoxy) is 1. The fraction of sp³-hybridized carbons (Fsp3) is 0.923. The highest BCUT2D eigenvalue weighted by Crippen LogP contribution is 2.00. The third kappa shape index (κ3) is 7.63. The van der Waals surface area contributed by atoms with Crippen molar-refractivity contribution in [3.8, 4) is 0 Å². The van der Waals surface area contributed by atoms with Crippen LogP contribution < -0.4 is 11.1 Å². The monoisotopic (exact) mass is 259 g/mol. The van der Waals surface area contributed by atoms with Gasteiger partial charge in [0.05, 0.1) is 12.6 Å². The second-order valence-electron chi connectivity index (χ2n) is 5.30. The van der Waals surface area contributed by atoms with Crippen molar-refractivity contribution in [3.63, 3.8) is 0 Å². The molecule has 0 bridgehead atoms. The SMILES string of the molecule is COCC(N)CN(C)C(C)C(=O)NCCC(C)C. The molecule has 0 saturated carbocycles. The Morgan fingerprint density at radius 3 is 2.50 bits per heavy atom. The Kier molecular flexibility index (Phi) is 8.97. The summed E-state index contributed by atoms with van der Waals surface area (Å²) in [5.41, 5.74) is 5.86. The van der Waals surface area contributed by atoms with E-state index >= 15 is 0 Å². The number of rotatable bonds is 9. The van der Waals surface area contributed by atoms with E-state index in [4.69, 9.17) is 10.5 Å². The number of carbonyl (C=O) groups excluding carboxylic acids is 1. The van der Waals surface area contributed by atoms with Crippen LogP contribution >= 0.6 is 0 Å². The van der Waals surface area contributed by atoms with Crippen molar-refractivity contribution in [2.45, 2.75) is 39.3 Å². The summed E-state index contributed by atoms with van der Waals surface area (Å²) in [5, 5.41) is 2.95. The number of methoxy groups -OCH3 is 1. The lowest BCUT2D eigenvalue weighted by molar-refractivity contribution is -0.125. The first-order valence-corrected chi connectivity index (χ1v) is 6.61. The zero-order chi connectivity index (χ0) is 14.1. The van der Waals surface area contributed by atoms with Crippen LogP contribution in [0.15, 0.2) is 0 Å². The van der Waals surface area contributed by atoms with Gasteiger partial charge >= 0.3 is 0 Å². The predicted octanol–water partition coefficient (Wildman–Crippen LogP) is 0.443. The molecule has 0 spiro atoms. The van der Waals surface area contributed by atoms with Gasteiger partial charge in [0.2, 0.25) is 5.91 Å². The van der Waals surface area contributed by atoms with Gasteiger partial charge in [-0.2, -0.15) is 0 Å². The van der Waals surface area contributed by atoms with Crippen LogP contribution in [0.5, 0.6) is 0 Å². The van der Waals surface area contributed by atoms with Crippen LogP contribution in [0.2, 0.25) is 0 Å². The van der Waals surface area contributed by atoms with E-state index in [0.29, 0.717) is 19.1 Å². The van der Waals surface area contributed by atoms with E-state index in [-0.39, 0.29) is 18.0 Å². The van der Waals surface area contributed by atoms with E-state index in [1.165, 1.54) is 0 Å². The quantitative estimate of drug-likeness (QED) is 0.630. The van der Waals surface area contributed by atoms with Gasteiger partial charge in [0.1, 0.15) is 0 Å². The van der Waals surface area contributed by atoms with Crippen molar-refractivity contribution >= 4 is 5.91 Å². The normalized spacial score (nSPS) is 14.9. The summed E-state index contributed by atoms with van der Waals surface area (Å²) >= 11 is 0. The second-order valence-corrected chi connectivity index (χ2v) is 5.30. The summed E-state index contributed by atoms with van der Waals surface area (Å²) < 4.78 is 4.98. The number of amides is 1. The topological polar surface area (TPSA) is 67.6 Å². The lowest BCUT2D eigenvalue weighted by Gasteiger charge is -2.26. The molecule has 1 amide bonds. The molecule has 2 unspecified atom stereocenters. The van der Waals surface area contributed by atoms with Crippen molar-refractivity contribution in [2.75, 3.05) is 33.9 Å². The standard InChI is InChI=1S/C13H29N3O2/c1-10(2)6-7-15-13(17)11(3)16(4)8-12(14)9-18-5/h10-12H,6-9,14H2,1-5H3,(H,15,17). The van der Waals surface area contributed by atoms with Crippen LogP contribution in [0, 0.1) is 5.92 Å². The van der Waals surface area contributed by atoms with E-state index in [1.807, 2.05) is 18.9 Å². The number of hydrogen-bond acceptors (Lipinski definition) is 4. The molecule has 108 valence electrons. The smallest absolute Gasteiger partial charge is 0.237 e. The van der Waals surface area contributed by atoms with Crippen molar-refractivity contribution < 1.29 is 9.53 Å². The zero-order valence-electron chi connectivity index (χ0n) is 12.4. The fourth-order valence-electron chi connectivity index (χ4n) is 1.63. The maximum atomic E-state index is 11.9. The van der Waals surface area contributed by atoms with Gasteiger partial charge < -0.3 is 15.8 Å². The van der Waals surface area contributed by atoms with Crippen LogP contribution in [-0.2, 0) is 9.53 Å². The molecular formula is C13H29N3O2. The second kappa shape index (κ2) is 9.30. The highest BCUT2D eigenvalue weighted by atomic mass is 16.5. The maximum absolute atomic E-state index is 11.9. The molecule has 5 nitrogen and oxygen atoms in total. The number of carbonyl (C=O) groups is 1. The maximum Gasteiger partial charge on any atom is 0.237 e. The minimum Gasteiger partial charge on any atom is -0.383 e. The average molecular weight is 259 g/mol. The molecule has 3 N–H and O–H groups in total. The molecule has 0 aromatic carbocycles. The molecule has 0 heterocycles. The van der Waals surface area contributed by atoms with E-state index < -0.39 is 0 Å². The Morgan fingerprint density at radius 2 is 2.00 bits per heavy atom. The lowest BCUT2D eigenvalue weighted by atomic mass is 10.1. The predicted molar refractivity (Wildman–Crippen MR) is 74.4 cm³/mol. The summed E-state index contributed by atoms with van der Waals surface area (Å²) in [6.45, 7) is 8.07. The van der Waals surface area contributed by atoms with Crippen molar-refractivity contribution in [3.05, 3.63) is 0 Å². The molecule has 0 saturated heterocycles. The van der Waals surface area contributed by atoms with E-state index in [1.54, 1.807) is 7.11 Å². The molecule has 0 aromatic rings. The number of hydrogen-bond donors (Lipinski definition) is 2. The Labute approximate surface area is 111 Å². The van der Waals surface area contributed by atoms with Crippen LogP contribution in [0.3, 0.4) is 0 Å². The first-order chi connectivity index (χ1) is 8.38. The largest absolute Gasteiger partial charge is 0.383 e. The number of nitrogens with two attached hydrogens (primary N) is 1. The zero-order valence-corrected chi connectivity index (χ0v) is 12.4. The first kappa shape index (κ1) is 17.4. The van der Waals surface area contributed by atoms with Crippen LogP contribution in [0.1, 0.15) is 27.2 Å². The molecule has 0 fully saturated rings. The number of nitrogens with zero attached hydrogens (tertiary/aromatic N) is 1. The van der Waals surface area contributed by atoms with Gasteiger partial charge in [-0.05, 0) is 26.3 Å². The average Bonchev–Trinajstić information content (AvgIpc) is 2.27. The fourth-order valence-corrected chi connectivity index (χ4v) is 1.63. The molecule has 0 aliphatic carbocycles. The lowest BCUT2D eigenvalue weighted by Crippen LogP contribution is -2.48. The highest BCUT2D eigenvalue weighted by Gasteiger charge is 2.19. The van der Waals surface area contributed by atoms with Crippen LogP contribution in [0.4, 0.5) is 0 Å². The van der Waals surface area contributed by atoms with Crippen LogP contribution in [-0.4, -0.2) is 56.7 Å². The van der Waals surface area contributed by atoms with Gasteiger partial charge in [0.25, 0.3) is 0 Å². The van der Waals surface area contributed by atoms with Gasteiger partial charge in [0.15, 0.2) is 0 Å². The molecule has 18 heavy (non-hydrogen) atoms.